The minimum atomic E-state index is -4.28. The largest absolute Gasteiger partial charge is 0.397 e. The van der Waals surface area contributed by atoms with Crippen LogP contribution in [0.1, 0.15) is 38.5 Å². The highest BCUT2D eigenvalue weighted by molar-refractivity contribution is 7.80. The monoisotopic (exact) mass is 360 g/mol. The Bertz CT molecular complexity index is 419. The van der Waals surface area contributed by atoms with Gasteiger partial charge in [-0.3, -0.25) is 4.55 Å². The molecule has 0 radical (unpaired) electrons. The molecule has 0 rings (SSSR count). The van der Waals surface area contributed by atoms with E-state index in [-0.39, 0.29) is 6.61 Å². The van der Waals surface area contributed by atoms with E-state index in [1.807, 2.05) is 0 Å². The second-order valence-corrected chi connectivity index (χ2v) is 11.9. The highest BCUT2D eigenvalue weighted by Crippen LogP contribution is 2.29. The molecule has 0 fully saturated rings. The predicted octanol–water partition coefficient (Wildman–Crippen LogP) is 5.15. The first-order chi connectivity index (χ1) is 10.9. The average Bonchev–Trinajstić information content (AvgIpc) is 2.45. The van der Waals surface area contributed by atoms with Gasteiger partial charge in [-0.25, -0.2) is 4.18 Å². The number of hydrogen-bond acceptors (Lipinski definition) is 3. The van der Waals surface area contributed by atoms with Gasteiger partial charge in [-0.05, 0) is 24.6 Å². The van der Waals surface area contributed by atoms with E-state index in [1.165, 1.54) is 18.9 Å². The Kier molecular flexibility index (Phi) is 12.3. The molecule has 0 unspecified atom stereocenters. The van der Waals surface area contributed by atoms with Crippen molar-refractivity contribution >= 4 is 18.5 Å². The lowest BCUT2D eigenvalue weighted by Gasteiger charge is -2.28. The van der Waals surface area contributed by atoms with E-state index >= 15 is 0 Å². The molecule has 0 aliphatic carbocycles. The summed E-state index contributed by atoms with van der Waals surface area (Å²) in [6, 6.07) is 4.65. The van der Waals surface area contributed by atoms with E-state index in [0.717, 1.165) is 37.4 Å². The molecule has 0 atom stereocenters. The van der Waals surface area contributed by atoms with Crippen molar-refractivity contribution in [2.24, 2.45) is 0 Å². The third-order valence-electron chi connectivity index (χ3n) is 4.07. The maximum Gasteiger partial charge on any atom is 0.397 e. The van der Waals surface area contributed by atoms with Crippen molar-refractivity contribution in [3.05, 3.63) is 38.0 Å². The second kappa shape index (κ2) is 12.7. The Morgan fingerprint density at radius 2 is 1.26 bits per heavy atom. The molecule has 1 N–H and O–H groups in total. The molecule has 0 aromatic heterocycles. The lowest BCUT2D eigenvalue weighted by atomic mass is 10.1. The number of allylic oxidation sites excluding steroid dienone is 3. The van der Waals surface area contributed by atoms with Gasteiger partial charge in [0.05, 0.1) is 14.7 Å². The molecular formula is C17H32O4SSi. The first kappa shape index (κ1) is 22.3. The Hall–Kier alpha value is -0.693. The van der Waals surface area contributed by atoms with E-state index < -0.39 is 18.5 Å². The average molecular weight is 361 g/mol. The minimum Gasteiger partial charge on any atom is -0.264 e. The van der Waals surface area contributed by atoms with Crippen LogP contribution in [0.5, 0.6) is 0 Å². The molecule has 0 saturated carbocycles. The van der Waals surface area contributed by atoms with Gasteiger partial charge in [0.25, 0.3) is 0 Å². The molecule has 0 aliphatic heterocycles. The fourth-order valence-corrected chi connectivity index (χ4v) is 7.23. The molecule has 0 saturated heterocycles. The molecule has 0 spiro atoms. The van der Waals surface area contributed by atoms with Crippen molar-refractivity contribution in [2.45, 2.75) is 62.7 Å². The van der Waals surface area contributed by atoms with Gasteiger partial charge in [0.1, 0.15) is 0 Å². The zero-order valence-corrected chi connectivity index (χ0v) is 16.0. The van der Waals surface area contributed by atoms with Gasteiger partial charge >= 0.3 is 10.4 Å². The van der Waals surface area contributed by atoms with Crippen molar-refractivity contribution in [3.8, 4) is 0 Å². The Morgan fingerprint density at radius 3 is 1.70 bits per heavy atom. The van der Waals surface area contributed by atoms with Crippen LogP contribution in [0.25, 0.3) is 0 Å². The molecule has 0 aromatic rings. The molecule has 0 bridgehead atoms. The Morgan fingerprint density at radius 1 is 0.826 bits per heavy atom. The van der Waals surface area contributed by atoms with Crippen LogP contribution < -0.4 is 0 Å². The molecule has 0 amide bonds. The van der Waals surface area contributed by atoms with E-state index in [2.05, 4.69) is 42.1 Å². The van der Waals surface area contributed by atoms with Crippen LogP contribution in [0.4, 0.5) is 0 Å². The van der Waals surface area contributed by atoms with Crippen LogP contribution >= 0.6 is 0 Å². The third-order valence-corrected chi connectivity index (χ3v) is 9.41. The lowest BCUT2D eigenvalue weighted by Crippen LogP contribution is -2.31. The van der Waals surface area contributed by atoms with Crippen LogP contribution in [-0.4, -0.2) is 27.7 Å². The summed E-state index contributed by atoms with van der Waals surface area (Å²) in [4.78, 5) is 0. The van der Waals surface area contributed by atoms with Crippen molar-refractivity contribution < 1.29 is 17.2 Å². The van der Waals surface area contributed by atoms with Gasteiger partial charge in [0.15, 0.2) is 0 Å². The summed E-state index contributed by atoms with van der Waals surface area (Å²) in [5.41, 5.74) is 0. The summed E-state index contributed by atoms with van der Waals surface area (Å²) in [6.45, 7) is 11.8. The second-order valence-electron chi connectivity index (χ2n) is 6.10. The molecule has 4 nitrogen and oxygen atoms in total. The molecular weight excluding hydrogens is 328 g/mol. The first-order valence-electron chi connectivity index (χ1n) is 8.33. The first-order valence-corrected chi connectivity index (χ1v) is 12.5. The van der Waals surface area contributed by atoms with Gasteiger partial charge < -0.3 is 0 Å². The third kappa shape index (κ3) is 12.4. The van der Waals surface area contributed by atoms with Crippen molar-refractivity contribution in [2.75, 3.05) is 6.61 Å². The van der Waals surface area contributed by atoms with E-state index in [0.29, 0.717) is 6.42 Å². The number of hydrogen-bond donors (Lipinski definition) is 1. The zero-order valence-electron chi connectivity index (χ0n) is 14.2. The molecule has 0 heterocycles. The quantitative estimate of drug-likeness (QED) is 0.179. The summed E-state index contributed by atoms with van der Waals surface area (Å²) in [5.74, 6) is 0. The maximum atomic E-state index is 10.4. The van der Waals surface area contributed by atoms with E-state index in [4.69, 9.17) is 4.55 Å². The molecule has 0 aromatic carbocycles. The summed E-state index contributed by atoms with van der Waals surface area (Å²) in [6.07, 6.45) is 12.4. The van der Waals surface area contributed by atoms with Crippen molar-refractivity contribution in [1.82, 2.24) is 0 Å². The molecule has 134 valence electrons. The van der Waals surface area contributed by atoms with Crippen LogP contribution in [0, 0.1) is 0 Å². The van der Waals surface area contributed by atoms with Crippen LogP contribution in [0.2, 0.25) is 24.2 Å². The fourth-order valence-electron chi connectivity index (χ4n) is 2.95. The van der Waals surface area contributed by atoms with Gasteiger partial charge in [-0.15, -0.1) is 19.7 Å². The number of rotatable bonds is 16. The Balaban J connectivity index is 3.87. The molecule has 6 heteroatoms. The normalized spacial score (nSPS) is 12.0. The minimum absolute atomic E-state index is 0.0624. The van der Waals surface area contributed by atoms with E-state index in [1.54, 1.807) is 0 Å². The highest BCUT2D eigenvalue weighted by Gasteiger charge is 2.27. The Labute approximate surface area is 143 Å². The van der Waals surface area contributed by atoms with Crippen molar-refractivity contribution in [1.29, 1.82) is 0 Å². The van der Waals surface area contributed by atoms with Crippen LogP contribution in [-0.2, 0) is 14.6 Å². The van der Waals surface area contributed by atoms with Gasteiger partial charge in [0.2, 0.25) is 0 Å². The van der Waals surface area contributed by atoms with Gasteiger partial charge in [-0.1, -0.05) is 56.4 Å². The van der Waals surface area contributed by atoms with E-state index in [9.17, 15) is 8.42 Å². The smallest absolute Gasteiger partial charge is 0.264 e. The summed E-state index contributed by atoms with van der Waals surface area (Å²) in [7, 11) is -5.64. The highest BCUT2D eigenvalue weighted by atomic mass is 32.3. The standard InChI is InChI=1S/C17H32O4SSi/c1-4-14-23(15-5-2,16-6-3)17-12-10-8-7-9-11-13-21-22(18,19)20/h4-6H,1-3,7-17H2,(H,18,19,20). The topological polar surface area (TPSA) is 63.6 Å². The predicted molar refractivity (Wildman–Crippen MR) is 101 cm³/mol. The van der Waals surface area contributed by atoms with Gasteiger partial charge in [-0.2, -0.15) is 8.42 Å². The van der Waals surface area contributed by atoms with Crippen LogP contribution in [0.15, 0.2) is 38.0 Å². The number of unbranched alkanes of at least 4 members (excludes halogenated alkanes) is 5. The molecule has 0 aliphatic rings. The van der Waals surface area contributed by atoms with Crippen LogP contribution in [0.3, 0.4) is 0 Å². The maximum absolute atomic E-state index is 10.4. The van der Waals surface area contributed by atoms with Crippen molar-refractivity contribution in [3.63, 3.8) is 0 Å². The van der Waals surface area contributed by atoms with Gasteiger partial charge in [0, 0.05) is 0 Å². The fraction of sp³-hybridized carbons (Fsp3) is 0.647. The summed E-state index contributed by atoms with van der Waals surface area (Å²) in [5, 5.41) is 0. The summed E-state index contributed by atoms with van der Waals surface area (Å²) >= 11 is 0. The SMILES string of the molecule is C=CC[Si](CC=C)(CC=C)CCCCCCCCOS(=O)(=O)O. The molecule has 23 heavy (non-hydrogen) atoms. The lowest BCUT2D eigenvalue weighted by molar-refractivity contribution is 0.261. The summed E-state index contributed by atoms with van der Waals surface area (Å²) < 4.78 is 33.5. The zero-order chi connectivity index (χ0) is 17.6.